The van der Waals surface area contributed by atoms with E-state index in [9.17, 15) is 30.0 Å². The van der Waals surface area contributed by atoms with Crippen molar-refractivity contribution in [2.75, 3.05) is 27.2 Å². The summed E-state index contributed by atoms with van der Waals surface area (Å²) in [4.78, 5) is 29.9. The van der Waals surface area contributed by atoms with Gasteiger partial charge < -0.3 is 0 Å². The number of halogens is 1. The van der Waals surface area contributed by atoms with Crippen LogP contribution < -0.4 is 5.73 Å². The minimum absolute atomic E-state index is 0.0472. The summed E-state index contributed by atoms with van der Waals surface area (Å²) < 4.78 is 0. The summed E-state index contributed by atoms with van der Waals surface area (Å²) in [6, 6.07) is 0.558. The first-order valence-corrected chi connectivity index (χ1v) is 13.2. The van der Waals surface area contributed by atoms with Crippen LogP contribution in [0.25, 0.3) is 5.76 Å². The number of carbonyl (C=O) groups excluding carboxylic acids is 2. The van der Waals surface area contributed by atoms with Crippen LogP contribution in [0.5, 0.6) is 5.75 Å². The zero-order valence-corrected chi connectivity index (χ0v) is 22.8. The molecule has 3 aliphatic rings. The Hall–Kier alpha value is -2.66. The molecule has 1 fully saturated rings. The molecule has 38 heavy (non-hydrogen) atoms. The third-order valence-corrected chi connectivity index (χ3v) is 8.68. The number of phenols is 1. The SMILES string of the molecule is [B]=C1C(C(N)=O)=C(O)[C@@H](N(C)C)[C@@H]2C[C@@H]3Cc4c(Cl)c(CN(CC)CCC)cc(O)c4C(O)=C3C(=O)[C@]12O. The van der Waals surface area contributed by atoms with Gasteiger partial charge in [0.1, 0.15) is 0 Å². The Kier molecular flexibility index (Phi) is 7.57. The van der Waals surface area contributed by atoms with Gasteiger partial charge in [-0.15, -0.1) is 0 Å². The van der Waals surface area contributed by atoms with Gasteiger partial charge in [0.2, 0.25) is 0 Å². The van der Waals surface area contributed by atoms with Crippen molar-refractivity contribution in [3.05, 3.63) is 44.7 Å². The molecule has 1 saturated carbocycles. The van der Waals surface area contributed by atoms with Crippen molar-refractivity contribution in [3.8, 4) is 5.75 Å². The van der Waals surface area contributed by atoms with Gasteiger partial charge in [-0.25, -0.2) is 0 Å². The summed E-state index contributed by atoms with van der Waals surface area (Å²) in [5, 5.41) is 45.4. The molecule has 3 aliphatic carbocycles. The number of nitrogens with zero attached hydrogens (tertiary/aromatic N) is 2. The summed E-state index contributed by atoms with van der Waals surface area (Å²) in [6.07, 6.45) is 1.31. The monoisotopic (exact) mass is 542 g/mol. The van der Waals surface area contributed by atoms with Crippen molar-refractivity contribution in [3.63, 3.8) is 0 Å². The van der Waals surface area contributed by atoms with Crippen molar-refractivity contribution in [1.82, 2.24) is 9.80 Å². The topological polar surface area (TPSA) is 148 Å². The number of carbonyl (C=O) groups is 2. The molecule has 0 aliphatic heterocycles. The fraction of sp³-hybridized carbons (Fsp3) is 0.519. The number of nitrogens with two attached hydrogens (primary N) is 1. The van der Waals surface area contributed by atoms with Crippen LogP contribution in [0.2, 0.25) is 5.02 Å². The number of phenolic OH excluding ortho intramolecular Hbond substituents is 1. The summed E-state index contributed by atoms with van der Waals surface area (Å²) in [5.41, 5.74) is 3.19. The first kappa shape index (κ1) is 28.4. The van der Waals surface area contributed by atoms with Gasteiger partial charge >= 0.3 is 208 Å². The Morgan fingerprint density at radius 1 is 1.26 bits per heavy atom. The molecule has 0 heterocycles. The Bertz CT molecular complexity index is 1290. The van der Waals surface area contributed by atoms with Crippen LogP contribution >= 0.6 is 11.6 Å². The summed E-state index contributed by atoms with van der Waals surface area (Å²) in [5.74, 6) is -4.61. The van der Waals surface area contributed by atoms with E-state index in [1.54, 1.807) is 19.0 Å². The van der Waals surface area contributed by atoms with Crippen LogP contribution in [-0.2, 0) is 22.6 Å². The predicted molar refractivity (Wildman–Crippen MR) is 146 cm³/mol. The molecule has 0 unspecified atom stereocenters. The normalized spacial score (nSPS) is 27.1. The second-order valence-electron chi connectivity index (χ2n) is 10.6. The van der Waals surface area contributed by atoms with Gasteiger partial charge in [-0.1, -0.05) is 13.8 Å². The molecule has 1 radical (unpaired) electrons. The van der Waals surface area contributed by atoms with Gasteiger partial charge in [0.15, 0.2) is 0 Å². The van der Waals surface area contributed by atoms with Crippen LogP contribution in [0.1, 0.15) is 43.4 Å². The number of aliphatic hydroxyl groups is 3. The number of hydrogen-bond donors (Lipinski definition) is 5. The molecule has 9 nitrogen and oxygen atoms in total. The standard InChI is InChI=1S/C27H34BClN3O6/c1-5-7-32(6-2)11-13-10-16(33)18-14(20(13)29)8-12-9-15-21(31(3)4)23(35)19(26(30)37)24(28)27(15,38)25(36)17(12)22(18)34/h10,12,15,21,33-35,38H,5-9,11H2,1-4H3,(H2,30,37)/t12-,15-,21-,27+/m0/s1. The number of ketones is 1. The Labute approximate surface area is 228 Å². The van der Waals surface area contributed by atoms with Gasteiger partial charge in [0, 0.05) is 0 Å². The molecule has 0 bridgehead atoms. The average Bonchev–Trinajstić information content (AvgIpc) is 2.83. The second kappa shape index (κ2) is 10.1. The van der Waals surface area contributed by atoms with Gasteiger partial charge in [-0.3, -0.25) is 0 Å². The van der Waals surface area contributed by atoms with Gasteiger partial charge in [0.25, 0.3) is 0 Å². The fourth-order valence-corrected chi connectivity index (χ4v) is 6.75. The van der Waals surface area contributed by atoms with Gasteiger partial charge in [-0.2, -0.15) is 0 Å². The van der Waals surface area contributed by atoms with Crippen molar-refractivity contribution in [2.24, 2.45) is 17.6 Å². The van der Waals surface area contributed by atoms with Crippen molar-refractivity contribution in [2.45, 2.75) is 51.3 Å². The third-order valence-electron chi connectivity index (χ3n) is 8.21. The number of fused-ring (bicyclic) bond motifs is 3. The average molecular weight is 543 g/mol. The number of rotatable bonds is 7. The van der Waals surface area contributed by atoms with E-state index in [1.165, 1.54) is 6.07 Å². The van der Waals surface area contributed by atoms with E-state index in [0.29, 0.717) is 22.7 Å². The Morgan fingerprint density at radius 3 is 2.47 bits per heavy atom. The van der Waals surface area contributed by atoms with E-state index >= 15 is 0 Å². The zero-order valence-electron chi connectivity index (χ0n) is 22.1. The van der Waals surface area contributed by atoms with Crippen molar-refractivity contribution >= 4 is 42.0 Å². The van der Waals surface area contributed by atoms with Crippen LogP contribution in [-0.4, -0.2) is 93.7 Å². The second-order valence-corrected chi connectivity index (χ2v) is 11.0. The summed E-state index contributed by atoms with van der Waals surface area (Å²) >= 11 is 6.84. The molecule has 1 aromatic carbocycles. The Morgan fingerprint density at radius 2 is 1.92 bits per heavy atom. The van der Waals surface area contributed by atoms with Gasteiger partial charge in [0.05, 0.1) is 0 Å². The quantitative estimate of drug-likeness (QED) is 0.327. The van der Waals surface area contributed by atoms with E-state index in [-0.39, 0.29) is 29.7 Å². The van der Waals surface area contributed by atoms with E-state index in [1.807, 2.05) is 6.92 Å². The van der Waals surface area contributed by atoms with E-state index in [0.717, 1.165) is 19.5 Å². The molecule has 4 rings (SSSR count). The molecular formula is C27H34BClN3O6. The summed E-state index contributed by atoms with van der Waals surface area (Å²) in [7, 11) is 9.44. The molecular weight excluding hydrogens is 509 g/mol. The van der Waals surface area contributed by atoms with E-state index in [4.69, 9.17) is 24.8 Å². The Balaban J connectivity index is 1.87. The van der Waals surface area contributed by atoms with Crippen LogP contribution in [0.3, 0.4) is 0 Å². The molecule has 1 aromatic rings. The molecule has 4 atom stereocenters. The van der Waals surface area contributed by atoms with Crippen LogP contribution in [0.4, 0.5) is 0 Å². The number of amides is 1. The molecule has 0 aromatic heterocycles. The first-order chi connectivity index (χ1) is 17.8. The minimum atomic E-state index is -2.40. The number of aliphatic hydroxyl groups excluding tert-OH is 2. The van der Waals surface area contributed by atoms with Gasteiger partial charge in [-0.05, 0) is 6.42 Å². The van der Waals surface area contributed by atoms with Crippen LogP contribution in [0.15, 0.2) is 23.0 Å². The van der Waals surface area contributed by atoms with Crippen molar-refractivity contribution < 1.29 is 30.0 Å². The molecule has 11 heteroatoms. The first-order valence-electron chi connectivity index (χ1n) is 12.8. The molecule has 1 amide bonds. The number of likely N-dealkylation sites (N-methyl/N-ethyl adjacent to an activating group) is 1. The third kappa shape index (κ3) is 4.09. The summed E-state index contributed by atoms with van der Waals surface area (Å²) in [6.45, 7) is 6.28. The van der Waals surface area contributed by atoms with E-state index < -0.39 is 57.7 Å². The van der Waals surface area contributed by atoms with Crippen molar-refractivity contribution in [1.29, 1.82) is 0 Å². The zero-order chi connectivity index (χ0) is 28.3. The maximum atomic E-state index is 13.9. The van der Waals surface area contributed by atoms with E-state index in [2.05, 4.69) is 11.8 Å². The number of aromatic hydroxyl groups is 1. The molecule has 6 N–H and O–H groups in total. The number of benzene rings is 1. The number of primary amides is 1. The number of Topliss-reactive ketones (excluding diaryl/α,β-unsaturated/α-hetero) is 1. The molecule has 0 saturated heterocycles. The maximum absolute atomic E-state index is 13.9. The van der Waals surface area contributed by atoms with Crippen LogP contribution in [0, 0.1) is 11.8 Å². The molecule has 0 spiro atoms. The molecule has 203 valence electrons. The fourth-order valence-electron chi connectivity index (χ4n) is 6.47. The number of hydrogen-bond acceptors (Lipinski definition) is 8. The predicted octanol–water partition coefficient (Wildman–Crippen LogP) is 1.62.